The minimum Gasteiger partial charge on any atom is -1.00 e. The SMILES string of the molecule is [Cl-].[NH3+][C@@H]1CC[C@@H]1OCc1ccccc1. The topological polar surface area (TPSA) is 36.9 Å². The molecule has 1 aromatic carbocycles. The second kappa shape index (κ2) is 5.35. The largest absolute Gasteiger partial charge is 1.00 e. The van der Waals surface area contributed by atoms with E-state index >= 15 is 0 Å². The highest BCUT2D eigenvalue weighted by molar-refractivity contribution is 5.13. The quantitative estimate of drug-likeness (QED) is 0.619. The Balaban J connectivity index is 0.000000980. The smallest absolute Gasteiger partial charge is 0.111 e. The second-order valence-electron chi connectivity index (χ2n) is 3.67. The van der Waals surface area contributed by atoms with Gasteiger partial charge in [0.05, 0.1) is 6.61 Å². The maximum absolute atomic E-state index is 5.71. The molecule has 3 N–H and O–H groups in total. The van der Waals surface area contributed by atoms with E-state index in [1.165, 1.54) is 18.4 Å². The fourth-order valence-corrected chi connectivity index (χ4v) is 1.54. The first-order chi connectivity index (χ1) is 6.36. The van der Waals surface area contributed by atoms with Crippen LogP contribution < -0.4 is 18.1 Å². The van der Waals surface area contributed by atoms with Gasteiger partial charge in [-0.2, -0.15) is 0 Å². The van der Waals surface area contributed by atoms with Crippen molar-refractivity contribution in [2.75, 3.05) is 0 Å². The Labute approximate surface area is 90.9 Å². The summed E-state index contributed by atoms with van der Waals surface area (Å²) < 4.78 is 5.71. The fourth-order valence-electron chi connectivity index (χ4n) is 1.54. The summed E-state index contributed by atoms with van der Waals surface area (Å²) in [5.41, 5.74) is 5.26. The second-order valence-corrected chi connectivity index (χ2v) is 3.67. The van der Waals surface area contributed by atoms with E-state index in [1.807, 2.05) is 18.2 Å². The van der Waals surface area contributed by atoms with Gasteiger partial charge in [0.15, 0.2) is 0 Å². The molecule has 2 atom stereocenters. The van der Waals surface area contributed by atoms with Gasteiger partial charge >= 0.3 is 0 Å². The summed E-state index contributed by atoms with van der Waals surface area (Å²) >= 11 is 0. The van der Waals surface area contributed by atoms with E-state index in [2.05, 4.69) is 17.9 Å². The van der Waals surface area contributed by atoms with Gasteiger partial charge in [0, 0.05) is 6.42 Å². The number of benzene rings is 1. The van der Waals surface area contributed by atoms with Gasteiger partial charge in [-0.05, 0) is 12.0 Å². The van der Waals surface area contributed by atoms with Crippen molar-refractivity contribution in [1.82, 2.24) is 0 Å². The molecule has 0 aliphatic heterocycles. The molecule has 14 heavy (non-hydrogen) atoms. The van der Waals surface area contributed by atoms with E-state index < -0.39 is 0 Å². The van der Waals surface area contributed by atoms with Crippen LogP contribution in [-0.4, -0.2) is 12.1 Å². The van der Waals surface area contributed by atoms with E-state index in [4.69, 9.17) is 4.74 Å². The molecule has 1 saturated carbocycles. The third-order valence-corrected chi connectivity index (χ3v) is 2.65. The molecule has 0 unspecified atom stereocenters. The number of ether oxygens (including phenoxy) is 1. The summed E-state index contributed by atoms with van der Waals surface area (Å²) in [6.45, 7) is 0.734. The van der Waals surface area contributed by atoms with Gasteiger partial charge in [0.1, 0.15) is 12.1 Å². The average Bonchev–Trinajstić information content (AvgIpc) is 2.17. The molecule has 1 aliphatic rings. The van der Waals surface area contributed by atoms with Crippen molar-refractivity contribution >= 4 is 0 Å². The van der Waals surface area contributed by atoms with Crippen molar-refractivity contribution in [2.45, 2.75) is 31.6 Å². The number of halogens is 1. The Bertz CT molecular complexity index is 265. The van der Waals surface area contributed by atoms with Gasteiger partial charge in [0.25, 0.3) is 0 Å². The maximum Gasteiger partial charge on any atom is 0.111 e. The molecule has 0 aromatic heterocycles. The predicted molar refractivity (Wildman–Crippen MR) is 50.9 cm³/mol. The van der Waals surface area contributed by atoms with E-state index in [0.717, 1.165) is 6.61 Å². The molecule has 2 nitrogen and oxygen atoms in total. The molecule has 0 saturated heterocycles. The van der Waals surface area contributed by atoms with Gasteiger partial charge in [-0.25, -0.2) is 0 Å². The molecular weight excluding hydrogens is 198 g/mol. The fraction of sp³-hybridized carbons (Fsp3) is 0.455. The molecule has 0 radical (unpaired) electrons. The van der Waals surface area contributed by atoms with Crippen molar-refractivity contribution in [1.29, 1.82) is 0 Å². The lowest BCUT2D eigenvalue weighted by Gasteiger charge is -2.30. The summed E-state index contributed by atoms with van der Waals surface area (Å²) in [7, 11) is 0. The van der Waals surface area contributed by atoms with Gasteiger partial charge in [-0.3, -0.25) is 0 Å². The number of hydrogen-bond acceptors (Lipinski definition) is 1. The third kappa shape index (κ3) is 2.71. The summed E-state index contributed by atoms with van der Waals surface area (Å²) in [5, 5.41) is 0. The Morgan fingerprint density at radius 3 is 2.43 bits per heavy atom. The first kappa shape index (κ1) is 11.5. The highest BCUT2D eigenvalue weighted by atomic mass is 35.5. The van der Waals surface area contributed by atoms with Gasteiger partial charge in [-0.15, -0.1) is 0 Å². The summed E-state index contributed by atoms with van der Waals surface area (Å²) in [5.74, 6) is 0. The first-order valence-corrected chi connectivity index (χ1v) is 4.85. The Morgan fingerprint density at radius 2 is 1.93 bits per heavy atom. The predicted octanol–water partition coefficient (Wildman–Crippen LogP) is -2.02. The number of quaternary nitrogens is 1. The van der Waals surface area contributed by atoms with Crippen molar-refractivity contribution in [3.05, 3.63) is 35.9 Å². The molecule has 1 aliphatic carbocycles. The number of hydrogen-bond donors (Lipinski definition) is 1. The maximum atomic E-state index is 5.71. The van der Waals surface area contributed by atoms with Crippen LogP contribution in [0.25, 0.3) is 0 Å². The van der Waals surface area contributed by atoms with Crippen molar-refractivity contribution in [3.63, 3.8) is 0 Å². The Hall–Kier alpha value is -0.570. The zero-order chi connectivity index (χ0) is 9.10. The molecule has 0 bridgehead atoms. The molecule has 3 heteroatoms. The van der Waals surface area contributed by atoms with E-state index in [-0.39, 0.29) is 12.4 Å². The van der Waals surface area contributed by atoms with Crippen LogP contribution in [-0.2, 0) is 11.3 Å². The molecule has 0 spiro atoms. The summed E-state index contributed by atoms with van der Waals surface area (Å²) in [6.07, 6.45) is 2.81. The van der Waals surface area contributed by atoms with Gasteiger partial charge in [0.2, 0.25) is 0 Å². The van der Waals surface area contributed by atoms with Crippen LogP contribution in [0.2, 0.25) is 0 Å². The van der Waals surface area contributed by atoms with Gasteiger partial charge in [-0.1, -0.05) is 30.3 Å². The molecule has 78 valence electrons. The molecule has 0 heterocycles. The lowest BCUT2D eigenvalue weighted by molar-refractivity contribution is -0.462. The summed E-state index contributed by atoms with van der Waals surface area (Å²) in [6, 6.07) is 10.8. The van der Waals surface area contributed by atoms with Crippen molar-refractivity contribution in [3.8, 4) is 0 Å². The summed E-state index contributed by atoms with van der Waals surface area (Å²) in [4.78, 5) is 0. The van der Waals surface area contributed by atoms with Crippen molar-refractivity contribution < 1.29 is 22.9 Å². The third-order valence-electron chi connectivity index (χ3n) is 2.65. The molecule has 1 fully saturated rings. The highest BCUT2D eigenvalue weighted by Gasteiger charge is 2.31. The first-order valence-electron chi connectivity index (χ1n) is 4.85. The molecule has 0 amide bonds. The lowest BCUT2D eigenvalue weighted by Crippen LogP contribution is -3.00. The van der Waals surface area contributed by atoms with E-state index in [1.54, 1.807) is 0 Å². The average molecular weight is 214 g/mol. The van der Waals surface area contributed by atoms with Crippen LogP contribution in [0.3, 0.4) is 0 Å². The van der Waals surface area contributed by atoms with Crippen LogP contribution in [0.5, 0.6) is 0 Å². The van der Waals surface area contributed by atoms with Crippen LogP contribution in [0.15, 0.2) is 30.3 Å². The zero-order valence-electron chi connectivity index (χ0n) is 8.16. The van der Waals surface area contributed by atoms with Gasteiger partial charge < -0.3 is 22.9 Å². The standard InChI is InChI=1S/C11H15NO.ClH/c12-10-6-7-11(10)13-8-9-4-2-1-3-5-9;/h1-5,10-11H,6-8,12H2;1H/t10-,11+;/m1./s1. The monoisotopic (exact) mass is 213 g/mol. The minimum atomic E-state index is 0. The highest BCUT2D eigenvalue weighted by Crippen LogP contribution is 2.20. The van der Waals surface area contributed by atoms with Crippen LogP contribution in [0.4, 0.5) is 0 Å². The van der Waals surface area contributed by atoms with Crippen LogP contribution in [0.1, 0.15) is 18.4 Å². The van der Waals surface area contributed by atoms with Crippen molar-refractivity contribution in [2.24, 2.45) is 0 Å². The van der Waals surface area contributed by atoms with Crippen LogP contribution in [0, 0.1) is 0 Å². The minimum absolute atomic E-state index is 0. The normalized spacial score (nSPS) is 24.9. The Kier molecular flexibility index (Phi) is 4.39. The Morgan fingerprint density at radius 1 is 1.21 bits per heavy atom. The van der Waals surface area contributed by atoms with E-state index in [0.29, 0.717) is 12.1 Å². The molecule has 1 aromatic rings. The lowest BCUT2D eigenvalue weighted by atomic mass is 9.90. The molecular formula is C11H16ClNO. The number of rotatable bonds is 3. The van der Waals surface area contributed by atoms with E-state index in [9.17, 15) is 0 Å². The molecule has 2 rings (SSSR count). The zero-order valence-corrected chi connectivity index (χ0v) is 8.91. The van der Waals surface area contributed by atoms with Crippen LogP contribution >= 0.6 is 0 Å².